The molecule has 0 aromatic carbocycles. The second-order valence-corrected chi connectivity index (χ2v) is 4.40. The molecule has 0 saturated carbocycles. The topological polar surface area (TPSA) is 80.5 Å². The fourth-order valence-corrected chi connectivity index (χ4v) is 1.14. The molecule has 1 unspecified atom stereocenters. The zero-order valence-corrected chi connectivity index (χ0v) is 7.55. The van der Waals surface area contributed by atoms with Gasteiger partial charge in [-0.3, -0.25) is 4.79 Å². The van der Waals surface area contributed by atoms with Crippen molar-refractivity contribution in [3.8, 4) is 0 Å². The Morgan fingerprint density at radius 3 is 2.00 bits per heavy atom. The average Bonchev–Trinajstić information content (AvgIpc) is 1.82. The van der Waals surface area contributed by atoms with Crippen molar-refractivity contribution in [3.63, 3.8) is 0 Å². The van der Waals surface area contributed by atoms with E-state index >= 15 is 0 Å². The molecule has 0 aliphatic rings. The van der Waals surface area contributed by atoms with Gasteiger partial charge < -0.3 is 5.73 Å². The molecule has 1 atom stereocenters. The number of nitrogens with two attached hydrogens (primary N) is 1. The fraction of sp³-hybridized carbons (Fsp3) is 0.800. The summed E-state index contributed by atoms with van der Waals surface area (Å²) in [5.41, 5.74) is 4.89. The highest BCUT2D eigenvalue weighted by Gasteiger charge is 2.22. The number of hydrogen-bond donors (Lipinski definition) is 1. The smallest absolute Gasteiger partial charge is 0.235 e. The van der Waals surface area contributed by atoms with Crippen molar-refractivity contribution < 1.29 is 13.2 Å². The van der Waals surface area contributed by atoms with E-state index in [0.717, 1.165) is 10.6 Å². The van der Waals surface area contributed by atoms with E-state index < -0.39 is 22.0 Å². The van der Waals surface area contributed by atoms with E-state index in [1.165, 1.54) is 14.0 Å². The molecule has 5 nitrogen and oxygen atoms in total. The van der Waals surface area contributed by atoms with Crippen LogP contribution in [0.1, 0.15) is 6.92 Å². The lowest BCUT2D eigenvalue weighted by atomic mass is 10.3. The van der Waals surface area contributed by atoms with E-state index in [4.69, 9.17) is 5.73 Å². The molecule has 0 aromatic rings. The lowest BCUT2D eigenvalue weighted by Gasteiger charge is -2.18. The van der Waals surface area contributed by atoms with Crippen LogP contribution in [0, 0.1) is 0 Å². The minimum absolute atomic E-state index is 0.655. The maximum Gasteiger partial charge on any atom is 0.235 e. The molecule has 1 amide bonds. The van der Waals surface area contributed by atoms with Crippen molar-refractivity contribution in [1.29, 1.82) is 0 Å². The van der Waals surface area contributed by atoms with E-state index in [9.17, 15) is 13.2 Å². The summed E-state index contributed by atoms with van der Waals surface area (Å²) in [6.07, 6.45) is 1.02. The summed E-state index contributed by atoms with van der Waals surface area (Å²) in [4.78, 5) is 10.5. The first-order chi connectivity index (χ1) is 4.76. The van der Waals surface area contributed by atoms with Crippen molar-refractivity contribution in [1.82, 2.24) is 4.31 Å². The highest BCUT2D eigenvalue weighted by Crippen LogP contribution is 1.99. The summed E-state index contributed by atoms with van der Waals surface area (Å²) < 4.78 is 22.5. The number of likely N-dealkylation sites (N-methyl/N-ethyl adjacent to an activating group) is 1. The highest BCUT2D eigenvalue weighted by molar-refractivity contribution is 7.88. The number of amides is 1. The number of carbonyl (C=O) groups excluding carboxylic acids is 1. The molecular formula is C5H12N2O3S. The Kier molecular flexibility index (Phi) is 3.01. The van der Waals surface area contributed by atoms with Crippen LogP contribution < -0.4 is 5.73 Å². The van der Waals surface area contributed by atoms with Crippen molar-refractivity contribution in [2.75, 3.05) is 13.3 Å². The second-order valence-electron chi connectivity index (χ2n) is 2.36. The molecule has 0 aromatic heterocycles. The van der Waals surface area contributed by atoms with Gasteiger partial charge in [-0.1, -0.05) is 0 Å². The van der Waals surface area contributed by atoms with Crippen molar-refractivity contribution in [3.05, 3.63) is 0 Å². The molecule has 0 bridgehead atoms. The minimum atomic E-state index is -3.31. The molecule has 0 aliphatic carbocycles. The molecule has 0 heterocycles. The van der Waals surface area contributed by atoms with E-state index in [1.807, 2.05) is 0 Å². The summed E-state index contributed by atoms with van der Waals surface area (Å²) in [6.45, 7) is 1.43. The third kappa shape index (κ3) is 2.85. The number of carbonyl (C=O) groups is 1. The molecule has 6 heteroatoms. The lowest BCUT2D eigenvalue weighted by Crippen LogP contribution is -2.43. The minimum Gasteiger partial charge on any atom is -0.368 e. The van der Waals surface area contributed by atoms with Gasteiger partial charge in [-0.25, -0.2) is 8.42 Å². The second kappa shape index (κ2) is 3.19. The number of sulfonamides is 1. The summed E-state index contributed by atoms with van der Waals surface area (Å²) in [6, 6.07) is -0.787. The fourth-order valence-electron chi connectivity index (χ4n) is 0.466. The number of primary amides is 1. The van der Waals surface area contributed by atoms with Crippen LogP contribution in [-0.2, 0) is 14.8 Å². The molecule has 0 aliphatic heterocycles. The standard InChI is InChI=1S/C5H12N2O3S/c1-4(5(6)8)7(2)11(3,9)10/h4H,1-3H3,(H2,6,8). The first-order valence-electron chi connectivity index (χ1n) is 2.99. The Labute approximate surface area is 66.2 Å². The lowest BCUT2D eigenvalue weighted by molar-refractivity contribution is -0.120. The van der Waals surface area contributed by atoms with Gasteiger partial charge in [0.1, 0.15) is 6.04 Å². The predicted octanol–water partition coefficient (Wildman–Crippen LogP) is -1.25. The van der Waals surface area contributed by atoms with Gasteiger partial charge in [0.2, 0.25) is 15.9 Å². The van der Waals surface area contributed by atoms with Crippen LogP contribution in [0.4, 0.5) is 0 Å². The summed E-state index contributed by atoms with van der Waals surface area (Å²) in [5, 5.41) is 0. The van der Waals surface area contributed by atoms with Gasteiger partial charge in [-0.05, 0) is 6.92 Å². The van der Waals surface area contributed by atoms with Crippen LogP contribution in [0.3, 0.4) is 0 Å². The number of hydrogen-bond acceptors (Lipinski definition) is 3. The van der Waals surface area contributed by atoms with Gasteiger partial charge >= 0.3 is 0 Å². The Balaban J connectivity index is 4.51. The Morgan fingerprint density at radius 2 is 1.91 bits per heavy atom. The monoisotopic (exact) mass is 180 g/mol. The van der Waals surface area contributed by atoms with Crippen LogP contribution in [0.25, 0.3) is 0 Å². The van der Waals surface area contributed by atoms with E-state index in [1.54, 1.807) is 0 Å². The predicted molar refractivity (Wildman–Crippen MR) is 41.3 cm³/mol. The third-order valence-corrected chi connectivity index (χ3v) is 2.84. The van der Waals surface area contributed by atoms with Crippen LogP contribution in [0.15, 0.2) is 0 Å². The Bertz CT molecular complexity index is 246. The first-order valence-corrected chi connectivity index (χ1v) is 4.84. The van der Waals surface area contributed by atoms with Gasteiger partial charge in [0, 0.05) is 7.05 Å². The zero-order chi connectivity index (χ0) is 9.23. The highest BCUT2D eigenvalue weighted by atomic mass is 32.2. The Hall–Kier alpha value is -0.620. The molecule has 0 rings (SSSR count). The van der Waals surface area contributed by atoms with Crippen LogP contribution in [0.2, 0.25) is 0 Å². The molecule has 11 heavy (non-hydrogen) atoms. The van der Waals surface area contributed by atoms with Gasteiger partial charge in [0.05, 0.1) is 6.26 Å². The van der Waals surface area contributed by atoms with E-state index in [-0.39, 0.29) is 0 Å². The van der Waals surface area contributed by atoms with Gasteiger partial charge in [-0.15, -0.1) is 0 Å². The molecule has 0 spiro atoms. The van der Waals surface area contributed by atoms with Gasteiger partial charge in [0.15, 0.2) is 0 Å². The maximum atomic E-state index is 10.8. The molecule has 2 N–H and O–H groups in total. The van der Waals surface area contributed by atoms with Crippen LogP contribution in [0.5, 0.6) is 0 Å². The first kappa shape index (κ1) is 10.4. The quantitative estimate of drug-likeness (QED) is 0.589. The SMILES string of the molecule is CC(C(N)=O)N(C)S(C)(=O)=O. The molecular weight excluding hydrogens is 168 g/mol. The van der Waals surface area contributed by atoms with Crippen molar-refractivity contribution >= 4 is 15.9 Å². The van der Waals surface area contributed by atoms with Crippen molar-refractivity contribution in [2.24, 2.45) is 5.73 Å². The Morgan fingerprint density at radius 1 is 1.55 bits per heavy atom. The van der Waals surface area contributed by atoms with Gasteiger partial charge in [-0.2, -0.15) is 4.31 Å². The van der Waals surface area contributed by atoms with Crippen molar-refractivity contribution in [2.45, 2.75) is 13.0 Å². The summed E-state index contributed by atoms with van der Waals surface area (Å²) in [5.74, 6) is -0.655. The summed E-state index contributed by atoms with van der Waals surface area (Å²) in [7, 11) is -2.00. The normalized spacial score (nSPS) is 14.9. The molecule has 0 radical (unpaired) electrons. The summed E-state index contributed by atoms with van der Waals surface area (Å²) >= 11 is 0. The van der Waals surface area contributed by atoms with E-state index in [2.05, 4.69) is 0 Å². The van der Waals surface area contributed by atoms with Crippen LogP contribution >= 0.6 is 0 Å². The molecule has 0 fully saturated rings. The molecule has 0 saturated heterocycles. The molecule has 66 valence electrons. The average molecular weight is 180 g/mol. The van der Waals surface area contributed by atoms with Crippen LogP contribution in [-0.4, -0.2) is 38.0 Å². The maximum absolute atomic E-state index is 10.8. The number of nitrogens with zero attached hydrogens (tertiary/aromatic N) is 1. The van der Waals surface area contributed by atoms with E-state index in [0.29, 0.717) is 0 Å². The largest absolute Gasteiger partial charge is 0.368 e. The number of rotatable bonds is 3. The zero-order valence-electron chi connectivity index (χ0n) is 6.73. The van der Waals surface area contributed by atoms with Gasteiger partial charge in [0.25, 0.3) is 0 Å². The third-order valence-electron chi connectivity index (χ3n) is 1.48.